The number of likely N-dealkylation sites (N-methyl/N-ethyl adjacent to an activating group) is 1. The molecule has 0 bridgehead atoms. The minimum absolute atomic E-state index is 0.0283. The van der Waals surface area contributed by atoms with E-state index < -0.39 is 11.4 Å². The Balaban J connectivity index is 1.95. The van der Waals surface area contributed by atoms with Gasteiger partial charge in [0.15, 0.2) is 0 Å². The first-order valence-corrected chi connectivity index (χ1v) is 8.09. The number of nitrogens with zero attached hydrogens (tertiary/aromatic N) is 2. The molecule has 1 aliphatic heterocycles. The molecule has 2 aromatic rings. The third kappa shape index (κ3) is 2.72. The van der Waals surface area contributed by atoms with Crippen LogP contribution in [-0.2, 0) is 9.63 Å². The summed E-state index contributed by atoms with van der Waals surface area (Å²) in [5.74, 6) is -0.336. The van der Waals surface area contributed by atoms with Crippen LogP contribution >= 0.6 is 11.3 Å². The summed E-state index contributed by atoms with van der Waals surface area (Å²) < 4.78 is 2.52. The van der Waals surface area contributed by atoms with E-state index >= 15 is 0 Å². The topological polar surface area (TPSA) is 91.1 Å². The van der Waals surface area contributed by atoms with Crippen molar-refractivity contribution in [2.24, 2.45) is 0 Å². The Hall–Kier alpha value is -1.94. The Morgan fingerprint density at radius 1 is 1.52 bits per heavy atom. The molecule has 0 aliphatic carbocycles. The number of benzene rings is 1. The second-order valence-corrected chi connectivity index (χ2v) is 6.57. The number of amides is 1. The van der Waals surface area contributed by atoms with E-state index in [1.807, 2.05) is 19.9 Å². The average Bonchev–Trinajstić information content (AvgIpc) is 3.04. The molecule has 1 fully saturated rings. The lowest BCUT2D eigenvalue weighted by atomic mass is 10.2. The molecule has 1 saturated heterocycles. The van der Waals surface area contributed by atoms with E-state index in [4.69, 9.17) is 4.84 Å². The first-order valence-electron chi connectivity index (χ1n) is 7.27. The number of hydrogen-bond acceptors (Lipinski definition) is 6. The van der Waals surface area contributed by atoms with Gasteiger partial charge in [-0.15, -0.1) is 5.34 Å². The molecule has 1 amide bonds. The van der Waals surface area contributed by atoms with Crippen molar-refractivity contribution in [2.45, 2.75) is 26.0 Å². The molecule has 23 heavy (non-hydrogen) atoms. The summed E-state index contributed by atoms with van der Waals surface area (Å²) >= 11 is 1.14. The number of thiazole rings is 1. The number of aromatic nitrogens is 1. The molecule has 9 heteroatoms. The lowest BCUT2D eigenvalue weighted by Gasteiger charge is -2.23. The fourth-order valence-corrected chi connectivity index (χ4v) is 3.70. The minimum atomic E-state index is -0.817. The van der Waals surface area contributed by atoms with E-state index in [-0.39, 0.29) is 23.4 Å². The zero-order chi connectivity index (χ0) is 16.7. The smallest absolute Gasteiger partial charge is 0.308 e. The van der Waals surface area contributed by atoms with E-state index in [1.54, 1.807) is 16.7 Å². The highest BCUT2D eigenvalue weighted by Gasteiger charge is 2.36. The van der Waals surface area contributed by atoms with E-state index in [9.17, 15) is 14.8 Å². The Morgan fingerprint density at radius 3 is 2.91 bits per heavy atom. The van der Waals surface area contributed by atoms with Crippen molar-refractivity contribution in [3.8, 4) is 0 Å². The van der Waals surface area contributed by atoms with Gasteiger partial charge in [0.1, 0.15) is 6.54 Å². The van der Waals surface area contributed by atoms with Crippen molar-refractivity contribution in [3.05, 3.63) is 33.1 Å². The van der Waals surface area contributed by atoms with Gasteiger partial charge in [0.05, 0.1) is 15.9 Å². The van der Waals surface area contributed by atoms with Gasteiger partial charge >= 0.3 is 4.87 Å². The van der Waals surface area contributed by atoms with Crippen molar-refractivity contribution in [2.75, 3.05) is 18.6 Å². The predicted octanol–water partition coefficient (Wildman–Crippen LogP) is -0.192. The van der Waals surface area contributed by atoms with Gasteiger partial charge in [-0.1, -0.05) is 11.3 Å². The summed E-state index contributed by atoms with van der Waals surface area (Å²) in [4.78, 5) is 28.7. The number of anilines is 1. The molecular formula is C14H18N4O4S. The van der Waals surface area contributed by atoms with Gasteiger partial charge in [-0.2, -0.15) is 9.85 Å². The third-order valence-corrected chi connectivity index (χ3v) is 4.69. The summed E-state index contributed by atoms with van der Waals surface area (Å²) in [6.07, 6.45) is -0.817. The van der Waals surface area contributed by atoms with Gasteiger partial charge in [0.25, 0.3) is 5.91 Å². The molecule has 8 nitrogen and oxygen atoms in total. The summed E-state index contributed by atoms with van der Waals surface area (Å²) in [7, 11) is 1.50. The van der Waals surface area contributed by atoms with Crippen LogP contribution < -0.4 is 20.5 Å². The molecule has 0 spiro atoms. The normalized spacial score (nSPS) is 21.3. The first-order chi connectivity index (χ1) is 10.9. The average molecular weight is 338 g/mol. The first kappa shape index (κ1) is 15.9. The maximum Gasteiger partial charge on any atom is 0.308 e. The molecule has 1 aromatic heterocycles. The number of carbonyl (C=O) groups excluding carboxylic acids is 1. The van der Waals surface area contributed by atoms with Crippen LogP contribution in [0.5, 0.6) is 0 Å². The molecule has 0 radical (unpaired) electrons. The number of rotatable bonds is 3. The van der Waals surface area contributed by atoms with Crippen LogP contribution in [0, 0.1) is 5.21 Å². The summed E-state index contributed by atoms with van der Waals surface area (Å²) in [6.45, 7) is 4.06. The van der Waals surface area contributed by atoms with Gasteiger partial charge in [0, 0.05) is 13.1 Å². The molecule has 0 saturated carbocycles. The van der Waals surface area contributed by atoms with Gasteiger partial charge in [-0.05, 0) is 32.0 Å². The maximum absolute atomic E-state index is 12.1. The second-order valence-electron chi connectivity index (χ2n) is 5.58. The highest BCUT2D eigenvalue weighted by molar-refractivity contribution is 7.16. The lowest BCUT2D eigenvalue weighted by Crippen LogP contribution is -3.11. The van der Waals surface area contributed by atoms with E-state index in [2.05, 4.69) is 5.32 Å². The third-order valence-electron chi connectivity index (χ3n) is 3.78. The molecule has 1 aromatic carbocycles. The molecule has 1 aliphatic rings. The Labute approximate surface area is 136 Å². The van der Waals surface area contributed by atoms with Gasteiger partial charge in [-0.25, -0.2) is 0 Å². The van der Waals surface area contributed by atoms with Gasteiger partial charge < -0.3 is 10.5 Å². The Kier molecular flexibility index (Phi) is 4.11. The SMILES string of the molecule is CNC(=O)[C@H]1CN(c2ccc3c(c2)sc(=O)n3C(C)C)[NH+]([O-])O1. The molecule has 1 unspecified atom stereocenters. The highest BCUT2D eigenvalue weighted by atomic mass is 32.1. The number of quaternary nitrogens is 1. The Bertz CT molecular complexity index is 800. The van der Waals surface area contributed by atoms with Crippen LogP contribution in [0.15, 0.2) is 23.0 Å². The predicted molar refractivity (Wildman–Crippen MR) is 87.1 cm³/mol. The van der Waals surface area contributed by atoms with E-state index in [0.29, 0.717) is 5.69 Å². The van der Waals surface area contributed by atoms with Crippen molar-refractivity contribution in [3.63, 3.8) is 0 Å². The van der Waals surface area contributed by atoms with Crippen molar-refractivity contribution in [1.82, 2.24) is 9.88 Å². The van der Waals surface area contributed by atoms with Crippen molar-refractivity contribution in [1.29, 1.82) is 0 Å². The molecule has 2 atom stereocenters. The van der Waals surface area contributed by atoms with Crippen LogP contribution in [0.2, 0.25) is 0 Å². The lowest BCUT2D eigenvalue weighted by molar-refractivity contribution is -1.04. The maximum atomic E-state index is 12.1. The van der Waals surface area contributed by atoms with Crippen LogP contribution in [-0.4, -0.2) is 30.2 Å². The molecule has 2 heterocycles. The van der Waals surface area contributed by atoms with Crippen LogP contribution in [0.3, 0.4) is 0 Å². The fraction of sp³-hybridized carbons (Fsp3) is 0.429. The number of nitrogens with one attached hydrogen (secondary N) is 2. The van der Waals surface area contributed by atoms with Gasteiger partial charge in [0.2, 0.25) is 6.10 Å². The zero-order valence-electron chi connectivity index (χ0n) is 13.0. The number of hydrogen-bond donors (Lipinski definition) is 2. The Morgan fingerprint density at radius 2 is 2.26 bits per heavy atom. The molecular weight excluding hydrogens is 320 g/mol. The van der Waals surface area contributed by atoms with Crippen LogP contribution in [0.25, 0.3) is 10.2 Å². The number of carbonyl (C=O) groups is 1. The molecule has 3 rings (SSSR count). The highest BCUT2D eigenvalue weighted by Crippen LogP contribution is 2.26. The minimum Gasteiger partial charge on any atom is -0.574 e. The fourth-order valence-electron chi connectivity index (χ4n) is 2.65. The van der Waals surface area contributed by atoms with Gasteiger partial charge in [-0.3, -0.25) is 14.2 Å². The molecule has 2 N–H and O–H groups in total. The van der Waals surface area contributed by atoms with Crippen LogP contribution in [0.4, 0.5) is 5.69 Å². The van der Waals surface area contributed by atoms with E-state index in [0.717, 1.165) is 21.6 Å². The van der Waals surface area contributed by atoms with E-state index in [1.165, 1.54) is 12.1 Å². The zero-order valence-corrected chi connectivity index (χ0v) is 13.8. The summed E-state index contributed by atoms with van der Waals surface area (Å²) in [6, 6.07) is 5.44. The second kappa shape index (κ2) is 5.93. The largest absolute Gasteiger partial charge is 0.574 e. The standard InChI is InChI=1S/C14H18N4O4S/c1-8(2)17-10-5-4-9(6-12(10)23-14(17)20)16-7-11(13(19)15-3)22-18(16)21/h4-6,8,11,18H,7H2,1-3H3,(H,15,19)/t11-/m1/s1. The summed E-state index contributed by atoms with van der Waals surface area (Å²) in [5, 5.41) is 15.3. The van der Waals surface area contributed by atoms with Crippen LogP contribution in [0.1, 0.15) is 19.9 Å². The van der Waals surface area contributed by atoms with Crippen molar-refractivity contribution >= 4 is 33.1 Å². The summed E-state index contributed by atoms with van der Waals surface area (Å²) in [5.41, 5.74) is 1.46. The number of fused-ring (bicyclic) bond motifs is 1. The van der Waals surface area contributed by atoms with Crippen molar-refractivity contribution < 1.29 is 15.0 Å². The monoisotopic (exact) mass is 338 g/mol. The molecule has 124 valence electrons. The quantitative estimate of drug-likeness (QED) is 0.757.